The van der Waals surface area contributed by atoms with Gasteiger partial charge in [-0.2, -0.15) is 5.10 Å². The van der Waals surface area contributed by atoms with E-state index in [1.807, 2.05) is 6.92 Å². The number of rotatable bonds is 3. The number of carbonyl (C=O) groups excluding carboxylic acids is 1. The fourth-order valence-electron chi connectivity index (χ4n) is 1.45. The molecule has 0 bridgehead atoms. The maximum absolute atomic E-state index is 11.9. The second-order valence-electron chi connectivity index (χ2n) is 3.69. The summed E-state index contributed by atoms with van der Waals surface area (Å²) in [5.41, 5.74) is 7.39. The van der Waals surface area contributed by atoms with Crippen molar-refractivity contribution in [3.05, 3.63) is 42.0 Å². The zero-order chi connectivity index (χ0) is 12.3. The lowest BCUT2D eigenvalue weighted by Gasteiger charge is -2.12. The molecule has 1 unspecified atom stereocenters. The minimum absolute atomic E-state index is 0.138. The Labute approximate surface area is 98.3 Å². The largest absolute Gasteiger partial charge is 0.398 e. The van der Waals surface area contributed by atoms with Crippen molar-refractivity contribution in [3.63, 3.8) is 0 Å². The average molecular weight is 231 g/mol. The van der Waals surface area contributed by atoms with E-state index in [1.54, 1.807) is 24.7 Å². The van der Waals surface area contributed by atoms with Gasteiger partial charge < -0.3 is 11.1 Å². The highest BCUT2D eigenvalue weighted by Gasteiger charge is 2.14. The Kier molecular flexibility index (Phi) is 3.04. The van der Waals surface area contributed by atoms with E-state index in [1.165, 1.54) is 6.20 Å². The van der Waals surface area contributed by atoms with Gasteiger partial charge >= 0.3 is 0 Å². The van der Waals surface area contributed by atoms with E-state index in [4.69, 9.17) is 5.73 Å². The highest BCUT2D eigenvalue weighted by atomic mass is 16.1. The van der Waals surface area contributed by atoms with Gasteiger partial charge in [-0.25, -0.2) is 0 Å². The number of hydrogen-bond acceptors (Lipinski definition) is 4. The molecule has 6 heteroatoms. The van der Waals surface area contributed by atoms with Gasteiger partial charge in [0.05, 0.1) is 17.8 Å². The van der Waals surface area contributed by atoms with Gasteiger partial charge in [0, 0.05) is 29.8 Å². The van der Waals surface area contributed by atoms with Crippen molar-refractivity contribution >= 4 is 11.6 Å². The van der Waals surface area contributed by atoms with Crippen LogP contribution in [0.15, 0.2) is 30.9 Å². The molecule has 0 aliphatic rings. The van der Waals surface area contributed by atoms with Crippen LogP contribution in [0.5, 0.6) is 0 Å². The molecule has 88 valence electrons. The van der Waals surface area contributed by atoms with Crippen molar-refractivity contribution in [2.75, 3.05) is 5.73 Å². The Morgan fingerprint density at radius 1 is 1.53 bits per heavy atom. The first-order chi connectivity index (χ1) is 8.18. The monoisotopic (exact) mass is 231 g/mol. The van der Waals surface area contributed by atoms with Crippen LogP contribution in [0.2, 0.25) is 0 Å². The molecule has 0 aliphatic carbocycles. The Bertz CT molecular complexity index is 508. The normalized spacial score (nSPS) is 12.1. The maximum atomic E-state index is 11.9. The van der Waals surface area contributed by atoms with E-state index < -0.39 is 0 Å². The molecule has 0 aromatic carbocycles. The first-order valence-corrected chi connectivity index (χ1v) is 5.17. The van der Waals surface area contributed by atoms with Crippen molar-refractivity contribution in [1.82, 2.24) is 20.5 Å². The molecular formula is C11H13N5O. The predicted octanol–water partition coefficient (Wildman–Crippen LogP) is 0.878. The molecule has 0 aliphatic heterocycles. The minimum Gasteiger partial charge on any atom is -0.398 e. The lowest BCUT2D eigenvalue weighted by Crippen LogP contribution is -2.27. The number of anilines is 1. The fourth-order valence-corrected chi connectivity index (χ4v) is 1.45. The number of nitrogen functional groups attached to an aromatic ring is 1. The third-order valence-electron chi connectivity index (χ3n) is 2.47. The van der Waals surface area contributed by atoms with Crippen molar-refractivity contribution in [2.45, 2.75) is 13.0 Å². The third-order valence-corrected chi connectivity index (χ3v) is 2.47. The van der Waals surface area contributed by atoms with Gasteiger partial charge in [0.15, 0.2) is 0 Å². The summed E-state index contributed by atoms with van der Waals surface area (Å²) in [7, 11) is 0. The molecule has 2 aromatic heterocycles. The fraction of sp³-hybridized carbons (Fsp3) is 0.182. The molecule has 1 atom stereocenters. The lowest BCUT2D eigenvalue weighted by atomic mass is 10.1. The third kappa shape index (κ3) is 2.41. The molecule has 6 nitrogen and oxygen atoms in total. The molecular weight excluding hydrogens is 218 g/mol. The van der Waals surface area contributed by atoms with Crippen molar-refractivity contribution in [1.29, 1.82) is 0 Å². The number of carbonyl (C=O) groups is 1. The summed E-state index contributed by atoms with van der Waals surface area (Å²) >= 11 is 0. The molecule has 0 saturated heterocycles. The summed E-state index contributed by atoms with van der Waals surface area (Å²) in [5, 5.41) is 9.34. The molecule has 17 heavy (non-hydrogen) atoms. The Morgan fingerprint density at radius 3 is 3.00 bits per heavy atom. The molecule has 4 N–H and O–H groups in total. The highest BCUT2D eigenvalue weighted by Crippen LogP contribution is 2.13. The van der Waals surface area contributed by atoms with Crippen LogP contribution in [-0.4, -0.2) is 21.1 Å². The lowest BCUT2D eigenvalue weighted by molar-refractivity contribution is 0.0940. The van der Waals surface area contributed by atoms with Crippen LogP contribution in [0, 0.1) is 0 Å². The van der Waals surface area contributed by atoms with Crippen LogP contribution in [0.3, 0.4) is 0 Å². The summed E-state index contributed by atoms with van der Waals surface area (Å²) in [6.45, 7) is 1.87. The van der Waals surface area contributed by atoms with Crippen LogP contribution < -0.4 is 11.1 Å². The predicted molar refractivity (Wildman–Crippen MR) is 63.1 cm³/mol. The zero-order valence-corrected chi connectivity index (χ0v) is 9.34. The smallest absolute Gasteiger partial charge is 0.255 e. The number of aromatic nitrogens is 3. The zero-order valence-electron chi connectivity index (χ0n) is 9.34. The SMILES string of the molecule is CC(NC(=O)c1cnccc1N)c1cn[nH]c1. The van der Waals surface area contributed by atoms with E-state index in [-0.39, 0.29) is 11.9 Å². The standard InChI is InChI=1S/C11H13N5O/c1-7(8-4-14-15-5-8)16-11(17)9-6-13-3-2-10(9)12/h2-7H,1H3,(H2,12,13)(H,14,15)(H,16,17). The van der Waals surface area contributed by atoms with E-state index >= 15 is 0 Å². The van der Waals surface area contributed by atoms with Crippen LogP contribution in [0.25, 0.3) is 0 Å². The first-order valence-electron chi connectivity index (χ1n) is 5.17. The number of nitrogens with one attached hydrogen (secondary N) is 2. The Hall–Kier alpha value is -2.37. The summed E-state index contributed by atoms with van der Waals surface area (Å²) in [5.74, 6) is -0.246. The van der Waals surface area contributed by atoms with E-state index in [0.717, 1.165) is 5.56 Å². The van der Waals surface area contributed by atoms with E-state index in [9.17, 15) is 4.79 Å². The van der Waals surface area contributed by atoms with Gasteiger partial charge in [-0.05, 0) is 13.0 Å². The molecule has 1 amide bonds. The minimum atomic E-state index is -0.246. The molecule has 0 radical (unpaired) electrons. The van der Waals surface area contributed by atoms with Gasteiger partial charge in [-0.3, -0.25) is 14.9 Å². The Morgan fingerprint density at radius 2 is 2.35 bits per heavy atom. The summed E-state index contributed by atoms with van der Waals surface area (Å²) in [4.78, 5) is 15.8. The molecule has 0 fully saturated rings. The van der Waals surface area contributed by atoms with Crippen molar-refractivity contribution < 1.29 is 4.79 Å². The molecule has 2 heterocycles. The molecule has 2 aromatic rings. The summed E-state index contributed by atoms with van der Waals surface area (Å²) in [6, 6.07) is 1.46. The number of hydrogen-bond donors (Lipinski definition) is 3. The summed E-state index contributed by atoms with van der Waals surface area (Å²) in [6.07, 6.45) is 6.40. The number of amides is 1. The second-order valence-corrected chi connectivity index (χ2v) is 3.69. The van der Waals surface area contributed by atoms with Crippen LogP contribution in [0.4, 0.5) is 5.69 Å². The van der Waals surface area contributed by atoms with Gasteiger partial charge in [-0.15, -0.1) is 0 Å². The van der Waals surface area contributed by atoms with Crippen LogP contribution >= 0.6 is 0 Å². The highest BCUT2D eigenvalue weighted by molar-refractivity contribution is 5.98. The van der Waals surface area contributed by atoms with Crippen LogP contribution in [0.1, 0.15) is 28.9 Å². The molecule has 0 spiro atoms. The van der Waals surface area contributed by atoms with Gasteiger partial charge in [0.25, 0.3) is 5.91 Å². The number of pyridine rings is 1. The maximum Gasteiger partial charge on any atom is 0.255 e. The quantitative estimate of drug-likeness (QED) is 0.730. The first kappa shape index (κ1) is 11.1. The number of nitrogens with zero attached hydrogens (tertiary/aromatic N) is 2. The number of H-pyrrole nitrogens is 1. The van der Waals surface area contributed by atoms with Gasteiger partial charge in [-0.1, -0.05) is 0 Å². The molecule has 2 rings (SSSR count). The van der Waals surface area contributed by atoms with Gasteiger partial charge in [0.1, 0.15) is 0 Å². The topological polar surface area (TPSA) is 96.7 Å². The van der Waals surface area contributed by atoms with Gasteiger partial charge in [0.2, 0.25) is 0 Å². The van der Waals surface area contributed by atoms with Crippen LogP contribution in [-0.2, 0) is 0 Å². The van der Waals surface area contributed by atoms with Crippen molar-refractivity contribution in [3.8, 4) is 0 Å². The number of aromatic amines is 1. The average Bonchev–Trinajstić information content (AvgIpc) is 2.82. The second kappa shape index (κ2) is 4.65. The Balaban J connectivity index is 2.10. The molecule has 0 saturated carbocycles. The summed E-state index contributed by atoms with van der Waals surface area (Å²) < 4.78 is 0. The van der Waals surface area contributed by atoms with E-state index in [2.05, 4.69) is 20.5 Å². The van der Waals surface area contributed by atoms with Crippen molar-refractivity contribution in [2.24, 2.45) is 0 Å². The van der Waals surface area contributed by atoms with E-state index in [0.29, 0.717) is 11.3 Å². The number of nitrogens with two attached hydrogens (primary N) is 1.